The fourth-order valence-electron chi connectivity index (χ4n) is 5.69. The van der Waals surface area contributed by atoms with Gasteiger partial charge in [-0.2, -0.15) is 5.10 Å². The number of aromatic nitrogens is 2. The molecule has 1 aromatic heterocycles. The number of amides is 3. The summed E-state index contributed by atoms with van der Waals surface area (Å²) in [6.07, 6.45) is 2.95. The fraction of sp³-hybridized carbons (Fsp3) is 0.593. The van der Waals surface area contributed by atoms with E-state index in [1.165, 1.54) is 0 Å². The predicted molar refractivity (Wildman–Crippen MR) is 144 cm³/mol. The van der Waals surface area contributed by atoms with Crippen LogP contribution in [-0.4, -0.2) is 46.8 Å². The van der Waals surface area contributed by atoms with Crippen molar-refractivity contribution in [3.8, 4) is 0 Å². The van der Waals surface area contributed by atoms with Gasteiger partial charge in [0.25, 0.3) is 0 Å². The Labute approximate surface area is 215 Å². The number of urea groups is 1. The topological polar surface area (TPSA) is 110 Å². The summed E-state index contributed by atoms with van der Waals surface area (Å²) in [5.74, 6) is 0.593. The highest BCUT2D eigenvalue weighted by Gasteiger charge is 2.54. The molecule has 1 aliphatic heterocycles. The van der Waals surface area contributed by atoms with Crippen LogP contribution in [-0.2, 0) is 16.9 Å². The molecular formula is C27H41N5O3Si. The minimum atomic E-state index is -1.72. The first-order valence-corrected chi connectivity index (χ1v) is 16.4. The van der Waals surface area contributed by atoms with Gasteiger partial charge in [-0.3, -0.25) is 9.89 Å². The molecule has 1 atom stereocenters. The number of H-pyrrole nitrogens is 1. The van der Waals surface area contributed by atoms with Crippen molar-refractivity contribution in [2.75, 3.05) is 11.9 Å². The third kappa shape index (κ3) is 4.26. The first-order valence-electron chi connectivity index (χ1n) is 12.9. The predicted octanol–water partition coefficient (Wildman–Crippen LogP) is 5.13. The molecule has 9 heteroatoms. The van der Waals surface area contributed by atoms with Crippen LogP contribution >= 0.6 is 0 Å². The molecule has 36 heavy (non-hydrogen) atoms. The maximum atomic E-state index is 13.7. The lowest BCUT2D eigenvalue weighted by Gasteiger charge is -2.48. The van der Waals surface area contributed by atoms with E-state index in [2.05, 4.69) is 40.5 Å². The minimum absolute atomic E-state index is 0.0664. The molecular weight excluding hydrogens is 470 g/mol. The van der Waals surface area contributed by atoms with Gasteiger partial charge in [-0.25, -0.2) is 4.79 Å². The number of carbonyl (C=O) groups is 2. The molecule has 2 aliphatic rings. The van der Waals surface area contributed by atoms with E-state index in [1.807, 2.05) is 58.0 Å². The van der Waals surface area contributed by atoms with Crippen LogP contribution in [0.4, 0.5) is 10.6 Å². The van der Waals surface area contributed by atoms with Crippen LogP contribution in [0, 0.1) is 5.41 Å². The molecule has 4 N–H and O–H groups in total. The molecule has 1 unspecified atom stereocenters. The Balaban J connectivity index is 1.56. The van der Waals surface area contributed by atoms with Gasteiger partial charge < -0.3 is 20.6 Å². The quantitative estimate of drug-likeness (QED) is 0.386. The summed E-state index contributed by atoms with van der Waals surface area (Å²) < 4.78 is 0. The highest BCUT2D eigenvalue weighted by atomic mass is 28.3. The monoisotopic (exact) mass is 511 g/mol. The van der Waals surface area contributed by atoms with E-state index < -0.39 is 19.0 Å². The maximum absolute atomic E-state index is 13.7. The summed E-state index contributed by atoms with van der Waals surface area (Å²) in [6.45, 7) is 14.9. The molecule has 1 saturated carbocycles. The SMILES string of the molecule is CC(C)(CO)C(NC(=O)N1Cc2c(NC(=O)C3([Si](C)(C)C)CCC3)n[nH]c2C1(C)C)c1ccccc1. The number of nitrogens with one attached hydrogen (secondary N) is 3. The number of aliphatic hydroxyl groups is 1. The molecule has 3 amide bonds. The van der Waals surface area contributed by atoms with E-state index in [0.717, 1.165) is 36.1 Å². The smallest absolute Gasteiger partial charge is 0.318 e. The summed E-state index contributed by atoms with van der Waals surface area (Å²) in [6, 6.07) is 9.13. The van der Waals surface area contributed by atoms with Crippen molar-refractivity contribution in [3.05, 3.63) is 47.2 Å². The first kappa shape index (κ1) is 26.4. The number of aromatic amines is 1. The van der Waals surface area contributed by atoms with Gasteiger partial charge >= 0.3 is 6.03 Å². The van der Waals surface area contributed by atoms with Gasteiger partial charge in [-0.1, -0.05) is 70.2 Å². The number of carbonyl (C=O) groups excluding carboxylic acids is 2. The van der Waals surface area contributed by atoms with Crippen molar-refractivity contribution >= 4 is 25.8 Å². The van der Waals surface area contributed by atoms with Gasteiger partial charge in [0, 0.05) is 16.0 Å². The summed E-state index contributed by atoms with van der Waals surface area (Å²) in [5.41, 5.74) is 1.41. The number of aliphatic hydroxyl groups excluding tert-OH is 1. The number of nitrogens with zero attached hydrogens (tertiary/aromatic N) is 2. The Morgan fingerprint density at radius 3 is 2.36 bits per heavy atom. The highest BCUT2D eigenvalue weighted by molar-refractivity contribution is 6.83. The Morgan fingerprint density at radius 2 is 1.83 bits per heavy atom. The molecule has 196 valence electrons. The van der Waals surface area contributed by atoms with E-state index in [4.69, 9.17) is 0 Å². The molecule has 0 bridgehead atoms. The van der Waals surface area contributed by atoms with Gasteiger partial charge in [0.15, 0.2) is 5.82 Å². The average Bonchev–Trinajstić information content (AvgIpc) is 3.28. The third-order valence-electron chi connectivity index (χ3n) is 8.61. The maximum Gasteiger partial charge on any atom is 0.318 e. The minimum Gasteiger partial charge on any atom is -0.396 e. The second-order valence-corrected chi connectivity index (χ2v) is 18.1. The zero-order valence-corrected chi connectivity index (χ0v) is 23.7. The van der Waals surface area contributed by atoms with E-state index in [9.17, 15) is 14.7 Å². The Kier molecular flexibility index (Phi) is 6.62. The summed E-state index contributed by atoms with van der Waals surface area (Å²) >= 11 is 0. The zero-order valence-electron chi connectivity index (χ0n) is 22.7. The fourth-order valence-corrected chi connectivity index (χ4v) is 8.29. The van der Waals surface area contributed by atoms with Crippen molar-refractivity contribution in [3.63, 3.8) is 0 Å². The molecule has 0 spiro atoms. The number of hydrogen-bond donors (Lipinski definition) is 4. The molecule has 1 aromatic carbocycles. The molecule has 8 nitrogen and oxygen atoms in total. The van der Waals surface area contributed by atoms with Crippen molar-refractivity contribution in [1.82, 2.24) is 20.4 Å². The van der Waals surface area contributed by atoms with E-state index in [1.54, 1.807) is 4.90 Å². The lowest BCUT2D eigenvalue weighted by Crippen LogP contribution is -2.52. The molecule has 1 aliphatic carbocycles. The Bertz CT molecular complexity index is 1130. The second kappa shape index (κ2) is 9.02. The van der Waals surface area contributed by atoms with Crippen LogP contribution in [0.1, 0.15) is 69.8 Å². The summed E-state index contributed by atoms with van der Waals surface area (Å²) in [5, 5.41) is 23.7. The van der Waals surface area contributed by atoms with E-state index in [-0.39, 0.29) is 29.6 Å². The van der Waals surface area contributed by atoms with Crippen molar-refractivity contribution in [2.24, 2.45) is 5.41 Å². The van der Waals surface area contributed by atoms with Crippen molar-refractivity contribution in [2.45, 2.75) is 89.8 Å². The van der Waals surface area contributed by atoms with Crippen molar-refractivity contribution < 1.29 is 14.7 Å². The van der Waals surface area contributed by atoms with Gasteiger partial charge in [0.2, 0.25) is 5.91 Å². The van der Waals surface area contributed by atoms with E-state index >= 15 is 0 Å². The summed E-state index contributed by atoms with van der Waals surface area (Å²) in [4.78, 5) is 28.9. The molecule has 2 aromatic rings. The van der Waals surface area contributed by atoms with E-state index in [0.29, 0.717) is 12.4 Å². The number of rotatable bonds is 7. The second-order valence-electron chi connectivity index (χ2n) is 12.7. The van der Waals surface area contributed by atoms with Gasteiger partial charge in [-0.15, -0.1) is 0 Å². The van der Waals surface area contributed by atoms with Crippen LogP contribution in [0.3, 0.4) is 0 Å². The van der Waals surface area contributed by atoms with Crippen LogP contribution in [0.5, 0.6) is 0 Å². The lowest BCUT2D eigenvalue weighted by atomic mass is 9.81. The van der Waals surface area contributed by atoms with Gasteiger partial charge in [0.1, 0.15) is 0 Å². The largest absolute Gasteiger partial charge is 0.396 e. The lowest BCUT2D eigenvalue weighted by molar-refractivity contribution is -0.121. The van der Waals surface area contributed by atoms with Crippen LogP contribution in [0.25, 0.3) is 0 Å². The molecule has 1 fully saturated rings. The number of anilines is 1. The standard InChI is InChI=1S/C27H41N5O3Si/c1-25(2,17-33)20(18-12-9-8-10-13-18)28-24(35)32-16-19-21(26(32,3)4)30-31-22(19)29-23(34)27(14-11-15-27)36(5,6)7/h8-10,12-13,20,33H,11,14-17H2,1-7H3,(H,28,35)(H2,29,30,31,34). The third-order valence-corrected chi connectivity index (χ3v) is 12.2. The molecule has 4 rings (SSSR count). The number of fused-ring (bicyclic) bond motifs is 1. The Hall–Kier alpha value is -2.65. The van der Waals surface area contributed by atoms with Gasteiger partial charge in [-0.05, 0) is 32.3 Å². The molecule has 0 radical (unpaired) electrons. The summed E-state index contributed by atoms with van der Waals surface area (Å²) in [7, 11) is -1.72. The van der Waals surface area contributed by atoms with Crippen LogP contribution in [0.15, 0.2) is 30.3 Å². The normalized spacial score (nSPS) is 19.3. The first-order chi connectivity index (χ1) is 16.7. The van der Waals surface area contributed by atoms with Gasteiger partial charge in [0.05, 0.1) is 38.5 Å². The highest BCUT2D eigenvalue weighted by Crippen LogP contribution is 2.56. The zero-order chi connectivity index (χ0) is 26.5. The molecule has 2 heterocycles. The number of hydrogen-bond acceptors (Lipinski definition) is 4. The molecule has 0 saturated heterocycles. The van der Waals surface area contributed by atoms with Crippen LogP contribution < -0.4 is 10.6 Å². The Morgan fingerprint density at radius 1 is 1.19 bits per heavy atom. The number of benzene rings is 1. The average molecular weight is 512 g/mol. The van der Waals surface area contributed by atoms with Crippen LogP contribution in [0.2, 0.25) is 24.7 Å². The van der Waals surface area contributed by atoms with Crippen molar-refractivity contribution in [1.29, 1.82) is 0 Å².